The van der Waals surface area contributed by atoms with Crippen molar-refractivity contribution in [2.75, 3.05) is 5.01 Å². The minimum Gasteiger partial charge on any atom is -0.280 e. The van der Waals surface area contributed by atoms with Crippen molar-refractivity contribution in [3.8, 4) is 17.8 Å². The molecule has 0 aliphatic carbocycles. The van der Waals surface area contributed by atoms with Crippen LogP contribution in [0.1, 0.15) is 11.3 Å². The monoisotopic (exact) mass is 380 g/mol. The van der Waals surface area contributed by atoms with E-state index in [1.807, 2.05) is 12.1 Å². The molecule has 1 aliphatic rings. The lowest BCUT2D eigenvalue weighted by Crippen LogP contribution is -2.22. The van der Waals surface area contributed by atoms with E-state index in [2.05, 4.69) is 10.2 Å². The van der Waals surface area contributed by atoms with Crippen LogP contribution in [0.15, 0.2) is 76.1 Å². The van der Waals surface area contributed by atoms with Crippen LogP contribution in [0.3, 0.4) is 0 Å². The standard InChI is InChI=1S/C21H12N6O2/c22-12-18-16(20(28)26(24-18)14-7-3-1-4-8-14)11-17-19(13-23)25-27(21(17)29)15-9-5-2-6-10-15/h1-11,24H. The number of hydrazone groups is 1. The van der Waals surface area contributed by atoms with E-state index in [4.69, 9.17) is 0 Å². The third-order valence-corrected chi connectivity index (χ3v) is 4.33. The van der Waals surface area contributed by atoms with Gasteiger partial charge in [0.05, 0.1) is 22.5 Å². The molecule has 0 unspecified atom stereocenters. The number of benzene rings is 2. The summed E-state index contributed by atoms with van der Waals surface area (Å²) in [6, 6.07) is 21.2. The Kier molecular flexibility index (Phi) is 4.36. The van der Waals surface area contributed by atoms with E-state index >= 15 is 0 Å². The number of para-hydroxylation sites is 2. The van der Waals surface area contributed by atoms with Gasteiger partial charge in [-0.15, -0.1) is 0 Å². The number of aromatic amines is 1. The summed E-state index contributed by atoms with van der Waals surface area (Å²) >= 11 is 0. The molecule has 29 heavy (non-hydrogen) atoms. The zero-order valence-electron chi connectivity index (χ0n) is 14.9. The van der Waals surface area contributed by atoms with Crippen molar-refractivity contribution in [2.24, 2.45) is 5.10 Å². The van der Waals surface area contributed by atoms with Gasteiger partial charge in [0.2, 0.25) is 0 Å². The van der Waals surface area contributed by atoms with E-state index in [1.165, 1.54) is 10.8 Å². The van der Waals surface area contributed by atoms with Crippen LogP contribution in [0.4, 0.5) is 5.69 Å². The maximum atomic E-state index is 12.9. The van der Waals surface area contributed by atoms with Gasteiger partial charge >= 0.3 is 0 Å². The molecule has 1 aliphatic heterocycles. The Balaban J connectivity index is 1.83. The van der Waals surface area contributed by atoms with Crippen LogP contribution < -0.4 is 10.6 Å². The first-order valence-electron chi connectivity index (χ1n) is 8.55. The molecule has 2 heterocycles. The summed E-state index contributed by atoms with van der Waals surface area (Å²) in [4.78, 5) is 25.7. The summed E-state index contributed by atoms with van der Waals surface area (Å²) in [7, 11) is 0. The SMILES string of the molecule is N#CC1=NN(c2ccccc2)C(=O)C1=Cc1c(C#N)[nH]n(-c2ccccc2)c1=O. The van der Waals surface area contributed by atoms with Gasteiger partial charge in [-0.05, 0) is 30.3 Å². The van der Waals surface area contributed by atoms with Gasteiger partial charge in [0.25, 0.3) is 11.5 Å². The van der Waals surface area contributed by atoms with Gasteiger partial charge in [-0.2, -0.15) is 20.6 Å². The van der Waals surface area contributed by atoms with Crippen molar-refractivity contribution in [3.05, 3.63) is 87.8 Å². The largest absolute Gasteiger partial charge is 0.281 e. The second kappa shape index (κ2) is 7.14. The number of anilines is 1. The number of rotatable bonds is 3. The van der Waals surface area contributed by atoms with Crippen molar-refractivity contribution in [3.63, 3.8) is 0 Å². The summed E-state index contributed by atoms with van der Waals surface area (Å²) < 4.78 is 1.21. The van der Waals surface area contributed by atoms with Gasteiger partial charge in [-0.25, -0.2) is 4.68 Å². The smallest absolute Gasteiger partial charge is 0.280 e. The number of hydrogen-bond acceptors (Lipinski definition) is 5. The number of carbonyl (C=O) groups excluding carboxylic acids is 1. The van der Waals surface area contributed by atoms with Crippen LogP contribution in [-0.2, 0) is 4.79 Å². The lowest BCUT2D eigenvalue weighted by atomic mass is 10.1. The molecule has 0 radical (unpaired) electrons. The molecule has 8 heteroatoms. The van der Waals surface area contributed by atoms with Gasteiger partial charge in [0, 0.05) is 0 Å². The number of carbonyl (C=O) groups is 1. The summed E-state index contributed by atoms with van der Waals surface area (Å²) in [6.45, 7) is 0. The lowest BCUT2D eigenvalue weighted by Gasteiger charge is -2.10. The molecular weight excluding hydrogens is 368 g/mol. The zero-order valence-corrected chi connectivity index (χ0v) is 14.9. The molecule has 0 fully saturated rings. The van der Waals surface area contributed by atoms with Crippen LogP contribution >= 0.6 is 0 Å². The quantitative estimate of drug-likeness (QED) is 0.702. The Morgan fingerprint density at radius 3 is 2.10 bits per heavy atom. The molecule has 1 N–H and O–H groups in total. The van der Waals surface area contributed by atoms with Crippen LogP contribution in [-0.4, -0.2) is 21.4 Å². The number of aromatic nitrogens is 2. The molecule has 0 spiro atoms. The van der Waals surface area contributed by atoms with Crippen LogP contribution in [0.2, 0.25) is 0 Å². The average molecular weight is 380 g/mol. The lowest BCUT2D eigenvalue weighted by molar-refractivity contribution is -0.114. The fourth-order valence-electron chi connectivity index (χ4n) is 2.94. The van der Waals surface area contributed by atoms with Crippen molar-refractivity contribution in [1.29, 1.82) is 10.5 Å². The Labute approximate surface area is 164 Å². The molecule has 2 aromatic carbocycles. The number of hydrogen-bond donors (Lipinski definition) is 1. The van der Waals surface area contributed by atoms with E-state index in [1.54, 1.807) is 60.7 Å². The Hall–Kier alpha value is -4.69. The number of nitriles is 2. The first-order valence-corrected chi connectivity index (χ1v) is 8.55. The predicted octanol–water partition coefficient (Wildman–Crippen LogP) is 2.35. The predicted molar refractivity (Wildman–Crippen MR) is 106 cm³/mol. The van der Waals surface area contributed by atoms with E-state index in [0.29, 0.717) is 11.4 Å². The maximum absolute atomic E-state index is 12.9. The molecule has 138 valence electrons. The van der Waals surface area contributed by atoms with Gasteiger partial charge in [0.15, 0.2) is 5.71 Å². The minimum atomic E-state index is -0.552. The highest BCUT2D eigenvalue weighted by atomic mass is 16.2. The number of nitrogens with zero attached hydrogens (tertiary/aromatic N) is 5. The summed E-state index contributed by atoms with van der Waals surface area (Å²) in [5.74, 6) is -0.552. The first-order chi connectivity index (χ1) is 14.1. The number of nitrogens with one attached hydrogen (secondary N) is 1. The molecule has 4 rings (SSSR count). The average Bonchev–Trinajstić information content (AvgIpc) is 3.26. The maximum Gasteiger partial charge on any atom is 0.281 e. The van der Waals surface area contributed by atoms with E-state index in [0.717, 1.165) is 5.01 Å². The van der Waals surface area contributed by atoms with E-state index < -0.39 is 11.5 Å². The molecular formula is C21H12N6O2. The van der Waals surface area contributed by atoms with Crippen LogP contribution in [0.5, 0.6) is 0 Å². The second-order valence-electron chi connectivity index (χ2n) is 6.06. The van der Waals surface area contributed by atoms with Gasteiger partial charge in [0.1, 0.15) is 17.8 Å². The van der Waals surface area contributed by atoms with Crippen molar-refractivity contribution < 1.29 is 4.79 Å². The Bertz CT molecular complexity index is 1300. The molecule has 3 aromatic rings. The molecule has 0 bridgehead atoms. The van der Waals surface area contributed by atoms with Crippen molar-refractivity contribution >= 4 is 23.4 Å². The van der Waals surface area contributed by atoms with E-state index in [-0.39, 0.29) is 22.5 Å². The highest BCUT2D eigenvalue weighted by molar-refractivity contribution is 6.37. The molecule has 0 saturated heterocycles. The fraction of sp³-hybridized carbons (Fsp3) is 0. The molecule has 0 saturated carbocycles. The summed E-state index contributed by atoms with van der Waals surface area (Å²) in [6.07, 6.45) is 1.24. The Morgan fingerprint density at radius 1 is 0.897 bits per heavy atom. The summed E-state index contributed by atoms with van der Waals surface area (Å²) in [5, 5.41) is 26.7. The molecule has 1 amide bonds. The fourth-order valence-corrected chi connectivity index (χ4v) is 2.94. The minimum absolute atomic E-state index is 0.0161. The molecule has 0 atom stereocenters. The highest BCUT2D eigenvalue weighted by Crippen LogP contribution is 2.24. The Morgan fingerprint density at radius 2 is 1.52 bits per heavy atom. The normalized spacial score (nSPS) is 14.6. The zero-order chi connectivity index (χ0) is 20.4. The topological polar surface area (TPSA) is 118 Å². The highest BCUT2D eigenvalue weighted by Gasteiger charge is 2.32. The van der Waals surface area contributed by atoms with Gasteiger partial charge in [-0.1, -0.05) is 36.4 Å². The van der Waals surface area contributed by atoms with Crippen LogP contribution in [0, 0.1) is 22.7 Å². The number of H-pyrrole nitrogens is 1. The summed E-state index contributed by atoms with van der Waals surface area (Å²) in [5.41, 5.74) is 0.302. The van der Waals surface area contributed by atoms with Crippen LogP contribution in [0.25, 0.3) is 11.8 Å². The van der Waals surface area contributed by atoms with E-state index in [9.17, 15) is 20.1 Å². The first kappa shape index (κ1) is 17.7. The second-order valence-corrected chi connectivity index (χ2v) is 6.06. The van der Waals surface area contributed by atoms with Gasteiger partial charge < -0.3 is 0 Å². The third kappa shape index (κ3) is 3.01. The van der Waals surface area contributed by atoms with Crippen molar-refractivity contribution in [1.82, 2.24) is 9.78 Å². The molecule has 8 nitrogen and oxygen atoms in total. The number of amides is 1. The van der Waals surface area contributed by atoms with Gasteiger partial charge in [-0.3, -0.25) is 14.7 Å². The third-order valence-electron chi connectivity index (χ3n) is 4.33. The van der Waals surface area contributed by atoms with Crippen molar-refractivity contribution in [2.45, 2.75) is 0 Å². The molecule has 1 aromatic heterocycles.